The van der Waals surface area contributed by atoms with E-state index in [1.807, 2.05) is 14.0 Å². The monoisotopic (exact) mass is 314 g/mol. The molecule has 1 aromatic rings. The normalized spacial score (nSPS) is 17.1. The zero-order valence-corrected chi connectivity index (χ0v) is 14.2. The minimum Gasteiger partial charge on any atom is -0.320 e. The molecule has 0 atom stereocenters. The second kappa shape index (κ2) is 6.06. The van der Waals surface area contributed by atoms with E-state index in [9.17, 15) is 8.42 Å². The van der Waals surface area contributed by atoms with Crippen LogP contribution in [-0.4, -0.2) is 38.3 Å². The van der Waals surface area contributed by atoms with E-state index in [1.54, 1.807) is 11.6 Å². The molecule has 1 heterocycles. The Bertz CT molecular complexity index is 603. The maximum absolute atomic E-state index is 12.5. The Balaban J connectivity index is 2.14. The molecule has 0 unspecified atom stereocenters. The van der Waals surface area contributed by atoms with Crippen molar-refractivity contribution in [3.63, 3.8) is 0 Å². The molecule has 1 aliphatic rings. The summed E-state index contributed by atoms with van der Waals surface area (Å²) in [5.74, 6) is 0. The van der Waals surface area contributed by atoms with Gasteiger partial charge in [0.05, 0.1) is 11.4 Å². The van der Waals surface area contributed by atoms with Gasteiger partial charge < -0.3 is 5.32 Å². The fourth-order valence-corrected chi connectivity index (χ4v) is 4.03. The molecule has 6 nitrogen and oxygen atoms in total. The van der Waals surface area contributed by atoms with E-state index in [0.29, 0.717) is 17.1 Å². The van der Waals surface area contributed by atoms with Gasteiger partial charge >= 0.3 is 0 Å². The summed E-state index contributed by atoms with van der Waals surface area (Å²) in [5, 5.41) is 7.46. The van der Waals surface area contributed by atoms with Crippen LogP contribution in [0.1, 0.15) is 37.6 Å². The Morgan fingerprint density at radius 3 is 2.57 bits per heavy atom. The van der Waals surface area contributed by atoms with Crippen LogP contribution in [0.15, 0.2) is 4.90 Å². The van der Waals surface area contributed by atoms with Gasteiger partial charge in [0.25, 0.3) is 0 Å². The summed E-state index contributed by atoms with van der Waals surface area (Å²) < 4.78 is 29.6. The van der Waals surface area contributed by atoms with Gasteiger partial charge in [0.1, 0.15) is 4.90 Å². The second-order valence-corrected chi connectivity index (χ2v) is 8.02. The molecule has 1 saturated carbocycles. The highest BCUT2D eigenvalue weighted by Crippen LogP contribution is 2.44. The van der Waals surface area contributed by atoms with Gasteiger partial charge in [-0.15, -0.1) is 0 Å². The minimum atomic E-state index is -3.47. The molecule has 21 heavy (non-hydrogen) atoms. The summed E-state index contributed by atoms with van der Waals surface area (Å²) in [6, 6.07) is 0. The van der Waals surface area contributed by atoms with Crippen molar-refractivity contribution in [3.8, 4) is 0 Å². The van der Waals surface area contributed by atoms with E-state index < -0.39 is 10.0 Å². The molecule has 0 saturated heterocycles. The standard InChI is InChI=1S/C14H26N4O2S/c1-11-13(12(2)18(17-11)9-5-8-15-4)21(19,20)16-10-14(3)6-7-14/h15-16H,5-10H2,1-4H3. The molecule has 120 valence electrons. The third kappa shape index (κ3) is 3.84. The molecule has 2 N–H and O–H groups in total. The molecule has 0 aromatic carbocycles. The van der Waals surface area contributed by atoms with Gasteiger partial charge in [-0.05, 0) is 52.1 Å². The van der Waals surface area contributed by atoms with E-state index >= 15 is 0 Å². The predicted octanol–water partition coefficient (Wildman–Crippen LogP) is 1.19. The van der Waals surface area contributed by atoms with Gasteiger partial charge in [-0.3, -0.25) is 4.68 Å². The first-order valence-corrected chi connectivity index (χ1v) is 8.96. The van der Waals surface area contributed by atoms with Crippen LogP contribution >= 0.6 is 0 Å². The van der Waals surface area contributed by atoms with Gasteiger partial charge in [0.15, 0.2) is 0 Å². The van der Waals surface area contributed by atoms with Crippen molar-refractivity contribution >= 4 is 10.0 Å². The Morgan fingerprint density at radius 1 is 1.33 bits per heavy atom. The molecule has 7 heteroatoms. The summed E-state index contributed by atoms with van der Waals surface area (Å²) in [5.41, 5.74) is 1.44. The van der Waals surface area contributed by atoms with Gasteiger partial charge in [-0.2, -0.15) is 5.10 Å². The topological polar surface area (TPSA) is 76.0 Å². The Hall–Kier alpha value is -0.920. The van der Waals surface area contributed by atoms with E-state index in [-0.39, 0.29) is 5.41 Å². The maximum Gasteiger partial charge on any atom is 0.244 e. The minimum absolute atomic E-state index is 0.150. The average Bonchev–Trinajstić information content (AvgIpc) is 3.06. The molecule has 1 aromatic heterocycles. The van der Waals surface area contributed by atoms with E-state index in [4.69, 9.17) is 0 Å². The van der Waals surface area contributed by atoms with Crippen molar-refractivity contribution in [2.45, 2.75) is 51.5 Å². The quantitative estimate of drug-likeness (QED) is 0.707. The molecule has 0 aliphatic heterocycles. The van der Waals surface area contributed by atoms with Crippen LogP contribution in [-0.2, 0) is 16.6 Å². The van der Waals surface area contributed by atoms with Crippen molar-refractivity contribution < 1.29 is 8.42 Å². The number of hydrogen-bond donors (Lipinski definition) is 2. The van der Waals surface area contributed by atoms with Crippen LogP contribution < -0.4 is 10.0 Å². The third-order valence-electron chi connectivity index (χ3n) is 4.17. The average molecular weight is 314 g/mol. The number of nitrogens with zero attached hydrogens (tertiary/aromatic N) is 2. The van der Waals surface area contributed by atoms with Crippen molar-refractivity contribution in [3.05, 3.63) is 11.4 Å². The third-order valence-corrected chi connectivity index (χ3v) is 5.83. The van der Waals surface area contributed by atoms with Crippen LogP contribution in [0, 0.1) is 19.3 Å². The van der Waals surface area contributed by atoms with E-state index in [2.05, 4.69) is 22.1 Å². The van der Waals surface area contributed by atoms with Crippen molar-refractivity contribution in [1.29, 1.82) is 0 Å². The Morgan fingerprint density at radius 2 is 2.00 bits per heavy atom. The van der Waals surface area contributed by atoms with Crippen molar-refractivity contribution in [2.75, 3.05) is 20.1 Å². The fraction of sp³-hybridized carbons (Fsp3) is 0.786. The zero-order valence-electron chi connectivity index (χ0n) is 13.4. The first-order valence-electron chi connectivity index (χ1n) is 7.47. The number of aromatic nitrogens is 2. The first kappa shape index (κ1) is 16.5. The van der Waals surface area contributed by atoms with Crippen LogP contribution in [0.4, 0.5) is 0 Å². The SMILES string of the molecule is CNCCCn1nc(C)c(S(=O)(=O)NCC2(C)CC2)c1C. The van der Waals surface area contributed by atoms with Gasteiger partial charge in [0, 0.05) is 13.1 Å². The molecule has 0 radical (unpaired) electrons. The maximum atomic E-state index is 12.5. The van der Waals surface area contributed by atoms with E-state index in [0.717, 1.165) is 38.0 Å². The highest BCUT2D eigenvalue weighted by molar-refractivity contribution is 7.89. The van der Waals surface area contributed by atoms with Crippen molar-refractivity contribution in [2.24, 2.45) is 5.41 Å². The fourth-order valence-electron chi connectivity index (χ4n) is 2.42. The predicted molar refractivity (Wildman–Crippen MR) is 82.8 cm³/mol. The lowest BCUT2D eigenvalue weighted by Crippen LogP contribution is -2.30. The molecule has 0 spiro atoms. The number of nitrogens with one attached hydrogen (secondary N) is 2. The number of sulfonamides is 1. The smallest absolute Gasteiger partial charge is 0.244 e. The Kier molecular flexibility index (Phi) is 4.75. The molecular formula is C14H26N4O2S. The van der Waals surface area contributed by atoms with Gasteiger partial charge in [-0.1, -0.05) is 6.92 Å². The lowest BCUT2D eigenvalue weighted by molar-refractivity contribution is 0.528. The van der Waals surface area contributed by atoms with E-state index in [1.165, 1.54) is 0 Å². The number of rotatable bonds is 8. The molecule has 1 aliphatic carbocycles. The number of hydrogen-bond acceptors (Lipinski definition) is 4. The second-order valence-electron chi connectivity index (χ2n) is 6.32. The lowest BCUT2D eigenvalue weighted by atomic mass is 10.2. The highest BCUT2D eigenvalue weighted by Gasteiger charge is 2.38. The molecular weight excluding hydrogens is 288 g/mol. The summed E-state index contributed by atoms with van der Waals surface area (Å²) >= 11 is 0. The highest BCUT2D eigenvalue weighted by atomic mass is 32.2. The summed E-state index contributed by atoms with van der Waals surface area (Å²) in [4.78, 5) is 0.344. The van der Waals surface area contributed by atoms with Crippen molar-refractivity contribution in [1.82, 2.24) is 19.8 Å². The molecule has 0 bridgehead atoms. The van der Waals surface area contributed by atoms with Crippen LogP contribution in [0.3, 0.4) is 0 Å². The lowest BCUT2D eigenvalue weighted by Gasteiger charge is -2.11. The molecule has 0 amide bonds. The molecule has 2 rings (SSSR count). The van der Waals surface area contributed by atoms with Crippen LogP contribution in [0.2, 0.25) is 0 Å². The largest absolute Gasteiger partial charge is 0.320 e. The first-order chi connectivity index (χ1) is 9.79. The molecule has 1 fully saturated rings. The number of aryl methyl sites for hydroxylation is 2. The van der Waals surface area contributed by atoms with Crippen LogP contribution in [0.25, 0.3) is 0 Å². The summed E-state index contributed by atoms with van der Waals surface area (Å²) in [6.45, 7) is 7.81. The summed E-state index contributed by atoms with van der Waals surface area (Å²) in [7, 11) is -1.57. The van der Waals surface area contributed by atoms with Crippen LogP contribution in [0.5, 0.6) is 0 Å². The Labute approximate surface area is 127 Å². The van der Waals surface area contributed by atoms with Gasteiger partial charge in [0.2, 0.25) is 10.0 Å². The zero-order chi connectivity index (χ0) is 15.7. The van der Waals surface area contributed by atoms with Gasteiger partial charge in [-0.25, -0.2) is 13.1 Å². The summed E-state index contributed by atoms with van der Waals surface area (Å²) in [6.07, 6.45) is 3.11.